The Bertz CT molecular complexity index is 78.2. The Morgan fingerprint density at radius 2 is 2.25 bits per heavy atom. The zero-order valence-corrected chi connectivity index (χ0v) is 7.09. The molecule has 0 bridgehead atoms. The van der Waals surface area contributed by atoms with Gasteiger partial charge in [-0.25, -0.2) is 4.79 Å². The van der Waals surface area contributed by atoms with E-state index in [2.05, 4.69) is 0 Å². The molecule has 2 N–H and O–H groups in total. The predicted octanol–water partition coefficient (Wildman–Crippen LogP) is -0.293. The van der Waals surface area contributed by atoms with E-state index < -0.39 is 12.1 Å². The number of rotatable bonds is 2. The molecule has 4 heteroatoms. The smallest absolute Gasteiger partial charge is 0.332 e. The third kappa shape index (κ3) is 4.59. The summed E-state index contributed by atoms with van der Waals surface area (Å²) >= 11 is 0. The van der Waals surface area contributed by atoms with Gasteiger partial charge in [0.2, 0.25) is 0 Å². The molecule has 0 aromatic heterocycles. The molecule has 0 aromatic carbocycles. The topological polar surface area (TPSA) is 57.5 Å². The van der Waals surface area contributed by atoms with Crippen LogP contribution in [0.25, 0.3) is 0 Å². The van der Waals surface area contributed by atoms with Crippen molar-refractivity contribution in [3.8, 4) is 0 Å². The third-order valence-corrected chi connectivity index (χ3v) is 0.672. The summed E-state index contributed by atoms with van der Waals surface area (Å²) in [6.07, 6.45) is -0.907. The standard InChI is InChI=1S/C4H8O3.Na.H2/c1-2-3(5)4(6)7;;/h3,5H,2H2,1H3,(H,6,7);;1H. The van der Waals surface area contributed by atoms with Crippen LogP contribution in [0.5, 0.6) is 0 Å². The summed E-state index contributed by atoms with van der Waals surface area (Å²) < 4.78 is 0. The number of carboxylic acids is 1. The van der Waals surface area contributed by atoms with Crippen LogP contribution < -0.4 is 0 Å². The van der Waals surface area contributed by atoms with Gasteiger partial charge in [-0.15, -0.1) is 0 Å². The molecule has 0 spiro atoms. The molecule has 1 atom stereocenters. The Morgan fingerprint density at radius 1 is 1.88 bits per heavy atom. The molecule has 0 aliphatic rings. The second-order valence-electron chi connectivity index (χ2n) is 1.26. The van der Waals surface area contributed by atoms with Crippen molar-refractivity contribution in [2.75, 3.05) is 0 Å². The minimum absolute atomic E-state index is 0. The summed E-state index contributed by atoms with van der Waals surface area (Å²) in [6, 6.07) is 0. The van der Waals surface area contributed by atoms with Gasteiger partial charge in [-0.2, -0.15) is 0 Å². The summed E-state index contributed by atoms with van der Waals surface area (Å²) in [4.78, 5) is 9.68. The summed E-state index contributed by atoms with van der Waals surface area (Å²) in [5.41, 5.74) is 0. The molecule has 1 radical (unpaired) electrons. The normalized spacial score (nSPS) is 11.8. The van der Waals surface area contributed by atoms with Crippen molar-refractivity contribution >= 4 is 35.5 Å². The van der Waals surface area contributed by atoms with E-state index in [1.807, 2.05) is 0 Å². The van der Waals surface area contributed by atoms with Gasteiger partial charge in [0.05, 0.1) is 0 Å². The van der Waals surface area contributed by atoms with Gasteiger partial charge in [0.15, 0.2) is 6.10 Å². The molecule has 3 nitrogen and oxygen atoms in total. The second-order valence-corrected chi connectivity index (χ2v) is 1.26. The first-order valence-corrected chi connectivity index (χ1v) is 2.09. The average molecular weight is 129 g/mol. The molecule has 0 fully saturated rings. The second kappa shape index (κ2) is 5.56. The van der Waals surface area contributed by atoms with Gasteiger partial charge in [0.1, 0.15) is 0 Å². The SMILES string of the molecule is CCC(O)C(=O)O.[HH].[Na]. The van der Waals surface area contributed by atoms with Crippen molar-refractivity contribution in [2.24, 2.45) is 0 Å². The van der Waals surface area contributed by atoms with Gasteiger partial charge in [-0.05, 0) is 6.42 Å². The maximum atomic E-state index is 9.68. The first kappa shape index (κ1) is 11.3. The van der Waals surface area contributed by atoms with Gasteiger partial charge in [-0.3, -0.25) is 0 Å². The first-order chi connectivity index (χ1) is 3.18. The fraction of sp³-hybridized carbons (Fsp3) is 0.750. The van der Waals surface area contributed by atoms with Crippen LogP contribution in [0.1, 0.15) is 14.8 Å². The Hall–Kier alpha value is 0.430. The summed E-state index contributed by atoms with van der Waals surface area (Å²) in [5, 5.41) is 16.3. The number of aliphatic hydroxyl groups is 1. The minimum Gasteiger partial charge on any atom is -0.479 e. The van der Waals surface area contributed by atoms with Crippen molar-refractivity contribution < 1.29 is 16.4 Å². The molecule has 0 aliphatic heterocycles. The number of aliphatic carboxylic acids is 1. The van der Waals surface area contributed by atoms with Crippen molar-refractivity contribution in [1.29, 1.82) is 0 Å². The average Bonchev–Trinajstić information content (AvgIpc) is 1.65. The van der Waals surface area contributed by atoms with E-state index in [1.165, 1.54) is 0 Å². The van der Waals surface area contributed by atoms with E-state index >= 15 is 0 Å². The fourth-order valence-electron chi connectivity index (χ4n) is 0.175. The number of hydrogen-bond acceptors (Lipinski definition) is 2. The summed E-state index contributed by atoms with van der Waals surface area (Å²) in [5.74, 6) is -1.15. The molecule has 0 aromatic rings. The van der Waals surface area contributed by atoms with E-state index in [1.54, 1.807) is 6.92 Å². The fourth-order valence-corrected chi connectivity index (χ4v) is 0.175. The molecule has 0 amide bonds. The molecule has 0 aliphatic carbocycles. The van der Waals surface area contributed by atoms with Crippen molar-refractivity contribution in [3.05, 3.63) is 0 Å². The molecule has 0 heterocycles. The first-order valence-electron chi connectivity index (χ1n) is 2.09. The van der Waals surface area contributed by atoms with Crippen LogP contribution >= 0.6 is 0 Å². The maximum Gasteiger partial charge on any atom is 0.332 e. The molecule has 0 rings (SSSR count). The van der Waals surface area contributed by atoms with Crippen molar-refractivity contribution in [1.82, 2.24) is 0 Å². The van der Waals surface area contributed by atoms with E-state index in [-0.39, 0.29) is 37.4 Å². The van der Waals surface area contributed by atoms with Crippen molar-refractivity contribution in [2.45, 2.75) is 19.4 Å². The quantitative estimate of drug-likeness (QED) is 0.503. The van der Waals surface area contributed by atoms with Crippen LogP contribution in [-0.4, -0.2) is 51.8 Å². The zero-order chi connectivity index (χ0) is 5.86. The molecule has 45 valence electrons. The third-order valence-electron chi connectivity index (χ3n) is 0.672. The van der Waals surface area contributed by atoms with E-state index in [0.29, 0.717) is 0 Å². The van der Waals surface area contributed by atoms with Gasteiger partial charge in [0.25, 0.3) is 0 Å². The van der Waals surface area contributed by atoms with Crippen LogP contribution in [0.3, 0.4) is 0 Å². The Balaban J connectivity index is -0.000000180. The van der Waals surface area contributed by atoms with E-state index in [9.17, 15) is 4.79 Å². The van der Waals surface area contributed by atoms with Crippen molar-refractivity contribution in [3.63, 3.8) is 0 Å². The zero-order valence-electron chi connectivity index (χ0n) is 5.09. The number of aliphatic hydroxyl groups excluding tert-OH is 1. The Kier molecular flexibility index (Phi) is 7.83. The number of hydrogen-bond donors (Lipinski definition) is 2. The summed E-state index contributed by atoms with van der Waals surface area (Å²) in [7, 11) is 0. The van der Waals surface area contributed by atoms with E-state index in [4.69, 9.17) is 10.2 Å². The maximum absolute atomic E-state index is 9.68. The molecular weight excluding hydrogens is 119 g/mol. The van der Waals surface area contributed by atoms with E-state index in [0.717, 1.165) is 0 Å². The minimum atomic E-state index is -1.18. The van der Waals surface area contributed by atoms with Crippen LogP contribution in [0.2, 0.25) is 0 Å². The van der Waals surface area contributed by atoms with Gasteiger partial charge in [-0.1, -0.05) is 6.92 Å². The monoisotopic (exact) mass is 129 g/mol. The van der Waals surface area contributed by atoms with Gasteiger partial charge in [0, 0.05) is 31.0 Å². The molecule has 0 saturated heterocycles. The Labute approximate surface area is 71.5 Å². The number of carboxylic acid groups (broad SMARTS) is 1. The van der Waals surface area contributed by atoms with Gasteiger partial charge >= 0.3 is 5.97 Å². The molecular formula is C4H10NaO3. The van der Waals surface area contributed by atoms with Gasteiger partial charge < -0.3 is 10.2 Å². The summed E-state index contributed by atoms with van der Waals surface area (Å²) in [6.45, 7) is 1.61. The van der Waals surface area contributed by atoms with Crippen LogP contribution in [0.4, 0.5) is 0 Å². The van der Waals surface area contributed by atoms with Crippen LogP contribution in [0.15, 0.2) is 0 Å². The molecule has 0 saturated carbocycles. The van der Waals surface area contributed by atoms with Crippen LogP contribution in [-0.2, 0) is 4.79 Å². The predicted molar refractivity (Wildman–Crippen MR) is 31.8 cm³/mol. The number of carbonyl (C=O) groups is 1. The van der Waals surface area contributed by atoms with Crippen LogP contribution in [0, 0.1) is 0 Å². The Morgan fingerprint density at radius 3 is 2.25 bits per heavy atom. The largest absolute Gasteiger partial charge is 0.479 e. The molecule has 1 unspecified atom stereocenters. The molecule has 8 heavy (non-hydrogen) atoms.